The molecular weight excluding hydrogens is 482 g/mol. The molecule has 188 valence electrons. The number of nitro groups is 1. The number of nitro benzene ring substituents is 1. The lowest BCUT2D eigenvalue weighted by Crippen LogP contribution is -2.32. The maximum absolute atomic E-state index is 12.2. The fourth-order valence-electron chi connectivity index (χ4n) is 3.35. The summed E-state index contributed by atoms with van der Waals surface area (Å²) in [4.78, 5) is 28.1. The third kappa shape index (κ3) is 8.02. The number of amides is 1. The van der Waals surface area contributed by atoms with E-state index in [-0.39, 0.29) is 17.0 Å². The van der Waals surface area contributed by atoms with E-state index in [1.807, 2.05) is 19.1 Å². The zero-order chi connectivity index (χ0) is 26.0. The number of rotatable bonds is 12. The van der Waals surface area contributed by atoms with Gasteiger partial charge in [0.25, 0.3) is 11.6 Å². The summed E-state index contributed by atoms with van der Waals surface area (Å²) in [6.45, 7) is 2.04. The van der Waals surface area contributed by atoms with E-state index in [0.717, 1.165) is 36.0 Å². The first-order valence-corrected chi connectivity index (χ1v) is 13.1. The molecule has 0 aliphatic rings. The van der Waals surface area contributed by atoms with Crippen LogP contribution in [0.3, 0.4) is 0 Å². The summed E-state index contributed by atoms with van der Waals surface area (Å²) < 4.78 is 26.2. The number of unbranched alkanes of at least 4 members (excludes halogenated alkanes) is 3. The predicted molar refractivity (Wildman–Crippen MR) is 139 cm³/mol. The Balaban J connectivity index is 1.53. The predicted octanol–water partition coefficient (Wildman–Crippen LogP) is 5.31. The summed E-state index contributed by atoms with van der Waals surface area (Å²) in [7, 11) is -3.68. The average Bonchev–Trinajstić information content (AvgIpc) is 2.87. The Morgan fingerprint density at radius 1 is 1.00 bits per heavy atom. The number of benzene rings is 3. The number of oxime groups is 1. The second-order valence-electron chi connectivity index (χ2n) is 8.09. The fraction of sp³-hybridized carbons (Fsp3) is 0.231. The van der Waals surface area contributed by atoms with E-state index in [0.29, 0.717) is 12.2 Å². The first-order valence-electron chi connectivity index (χ1n) is 11.5. The molecule has 1 amide bonds. The third-order valence-electron chi connectivity index (χ3n) is 5.29. The monoisotopic (exact) mass is 509 g/mol. The van der Waals surface area contributed by atoms with Gasteiger partial charge in [-0.2, -0.15) is 0 Å². The van der Waals surface area contributed by atoms with E-state index in [2.05, 4.69) is 9.88 Å². The molecule has 0 bridgehead atoms. The summed E-state index contributed by atoms with van der Waals surface area (Å²) in [5.74, 6) is -0.399. The maximum atomic E-state index is 12.2. The molecule has 3 rings (SSSR count). The van der Waals surface area contributed by atoms with Crippen LogP contribution in [-0.4, -0.2) is 31.2 Å². The lowest BCUT2D eigenvalue weighted by Gasteiger charge is -2.07. The van der Waals surface area contributed by atoms with Crippen LogP contribution in [0.2, 0.25) is 0 Å². The Morgan fingerprint density at radius 2 is 1.72 bits per heavy atom. The standard InChI is InChI=1S/C26H27N3O6S/c1-2-3-4-5-17-36(33,34)28-26(30)22-13-15-25(16-14-22)35-27-19-20-9-11-21(12-10-20)23-7-6-8-24(18-23)29(31)32/h6-16,18-19H,2-5,17H2,1H3,(H,28,30)/b27-19+. The molecule has 0 fully saturated rings. The minimum atomic E-state index is -3.68. The Kier molecular flexibility index (Phi) is 9.29. The molecule has 10 heteroatoms. The van der Waals surface area contributed by atoms with Gasteiger partial charge in [-0.05, 0) is 47.4 Å². The number of non-ortho nitro benzene ring substituents is 1. The van der Waals surface area contributed by atoms with Crippen molar-refractivity contribution in [1.82, 2.24) is 4.72 Å². The van der Waals surface area contributed by atoms with Crippen molar-refractivity contribution in [2.75, 3.05) is 5.75 Å². The van der Waals surface area contributed by atoms with Gasteiger partial charge >= 0.3 is 0 Å². The molecule has 0 saturated carbocycles. The lowest BCUT2D eigenvalue weighted by atomic mass is 10.0. The van der Waals surface area contributed by atoms with Crippen LogP contribution in [0.25, 0.3) is 11.1 Å². The molecule has 0 heterocycles. The number of nitrogens with one attached hydrogen (secondary N) is 1. The smallest absolute Gasteiger partial charge is 0.270 e. The summed E-state index contributed by atoms with van der Waals surface area (Å²) in [5.41, 5.74) is 2.54. The van der Waals surface area contributed by atoms with Crippen LogP contribution >= 0.6 is 0 Å². The van der Waals surface area contributed by atoms with Gasteiger partial charge in [-0.1, -0.05) is 67.7 Å². The van der Waals surface area contributed by atoms with Crippen molar-refractivity contribution in [1.29, 1.82) is 0 Å². The van der Waals surface area contributed by atoms with Gasteiger partial charge in [-0.15, -0.1) is 0 Å². The maximum Gasteiger partial charge on any atom is 0.270 e. The van der Waals surface area contributed by atoms with Crippen LogP contribution in [0.15, 0.2) is 78.0 Å². The molecule has 0 atom stereocenters. The van der Waals surface area contributed by atoms with Gasteiger partial charge in [-0.25, -0.2) is 13.1 Å². The van der Waals surface area contributed by atoms with Crippen LogP contribution in [0.4, 0.5) is 5.69 Å². The molecule has 0 spiro atoms. The Hall–Kier alpha value is -4.05. The summed E-state index contributed by atoms with van der Waals surface area (Å²) in [6, 6.07) is 19.6. The van der Waals surface area contributed by atoms with Crippen molar-refractivity contribution in [3.8, 4) is 16.9 Å². The quantitative estimate of drug-likeness (QED) is 0.152. The summed E-state index contributed by atoms with van der Waals surface area (Å²) in [5, 5.41) is 14.9. The molecule has 3 aromatic rings. The molecule has 0 unspecified atom stereocenters. The summed E-state index contributed by atoms with van der Waals surface area (Å²) in [6.07, 6.45) is 4.78. The van der Waals surface area contributed by atoms with Gasteiger partial charge in [0, 0.05) is 17.7 Å². The second-order valence-corrected chi connectivity index (χ2v) is 9.93. The van der Waals surface area contributed by atoms with Gasteiger partial charge in [0.15, 0.2) is 5.75 Å². The summed E-state index contributed by atoms with van der Waals surface area (Å²) >= 11 is 0. The minimum Gasteiger partial charge on any atom is -0.357 e. The molecule has 9 nitrogen and oxygen atoms in total. The van der Waals surface area contributed by atoms with Crippen LogP contribution in [0.1, 0.15) is 48.5 Å². The molecule has 3 aromatic carbocycles. The van der Waals surface area contributed by atoms with Crippen molar-refractivity contribution < 1.29 is 23.0 Å². The third-order valence-corrected chi connectivity index (χ3v) is 6.61. The van der Waals surface area contributed by atoms with Crippen molar-refractivity contribution in [2.24, 2.45) is 5.16 Å². The first kappa shape index (κ1) is 26.6. The normalized spacial score (nSPS) is 11.4. The van der Waals surface area contributed by atoms with E-state index in [1.54, 1.807) is 24.3 Å². The number of hydrogen-bond donors (Lipinski definition) is 1. The highest BCUT2D eigenvalue weighted by Crippen LogP contribution is 2.24. The van der Waals surface area contributed by atoms with E-state index < -0.39 is 20.9 Å². The van der Waals surface area contributed by atoms with Crippen LogP contribution in [-0.2, 0) is 10.0 Å². The molecule has 36 heavy (non-hydrogen) atoms. The Morgan fingerprint density at radius 3 is 2.39 bits per heavy atom. The van der Waals surface area contributed by atoms with E-state index in [9.17, 15) is 23.3 Å². The molecule has 0 radical (unpaired) electrons. The van der Waals surface area contributed by atoms with Gasteiger partial charge in [0.05, 0.1) is 16.9 Å². The van der Waals surface area contributed by atoms with Crippen LogP contribution < -0.4 is 9.56 Å². The van der Waals surface area contributed by atoms with Crippen molar-refractivity contribution in [2.45, 2.75) is 32.6 Å². The number of sulfonamides is 1. The van der Waals surface area contributed by atoms with Gasteiger partial charge in [0.1, 0.15) is 0 Å². The highest BCUT2D eigenvalue weighted by atomic mass is 32.2. The van der Waals surface area contributed by atoms with Crippen molar-refractivity contribution in [3.63, 3.8) is 0 Å². The van der Waals surface area contributed by atoms with Gasteiger partial charge in [0.2, 0.25) is 10.0 Å². The molecule has 0 aliphatic heterocycles. The molecular formula is C26H27N3O6S. The zero-order valence-electron chi connectivity index (χ0n) is 19.8. The van der Waals surface area contributed by atoms with Gasteiger partial charge < -0.3 is 4.84 Å². The average molecular weight is 510 g/mol. The van der Waals surface area contributed by atoms with Gasteiger partial charge in [-0.3, -0.25) is 14.9 Å². The van der Waals surface area contributed by atoms with Crippen LogP contribution in [0.5, 0.6) is 5.75 Å². The minimum absolute atomic E-state index is 0.0269. The lowest BCUT2D eigenvalue weighted by molar-refractivity contribution is -0.384. The topological polar surface area (TPSA) is 128 Å². The second kappa shape index (κ2) is 12.6. The number of carbonyl (C=O) groups excluding carboxylic acids is 1. The Labute approximate surface area is 210 Å². The number of hydrogen-bond acceptors (Lipinski definition) is 7. The van der Waals surface area contributed by atoms with E-state index >= 15 is 0 Å². The van der Waals surface area contributed by atoms with Crippen LogP contribution in [0, 0.1) is 10.1 Å². The highest BCUT2D eigenvalue weighted by molar-refractivity contribution is 7.90. The first-order chi connectivity index (χ1) is 17.3. The Bertz CT molecular complexity index is 1320. The molecule has 0 aliphatic carbocycles. The van der Waals surface area contributed by atoms with Crippen molar-refractivity contribution >= 4 is 27.8 Å². The van der Waals surface area contributed by atoms with E-state index in [1.165, 1.54) is 42.6 Å². The largest absolute Gasteiger partial charge is 0.357 e. The zero-order valence-corrected chi connectivity index (χ0v) is 20.6. The highest BCUT2D eigenvalue weighted by Gasteiger charge is 2.16. The number of carbonyl (C=O) groups is 1. The number of nitrogens with zero attached hydrogens (tertiary/aromatic N) is 2. The fourth-order valence-corrected chi connectivity index (χ4v) is 4.43. The molecule has 0 aromatic heterocycles. The SMILES string of the molecule is CCCCCCS(=O)(=O)NC(=O)c1ccc(O/N=C/c2ccc(-c3cccc([N+](=O)[O-])c3)cc2)cc1. The van der Waals surface area contributed by atoms with E-state index in [4.69, 9.17) is 4.84 Å². The van der Waals surface area contributed by atoms with Crippen molar-refractivity contribution in [3.05, 3.63) is 94.0 Å². The molecule has 0 saturated heterocycles. The molecule has 1 N–H and O–H groups in total.